The van der Waals surface area contributed by atoms with E-state index >= 15 is 0 Å². The highest BCUT2D eigenvalue weighted by atomic mass is 16.5. The average Bonchev–Trinajstić information content (AvgIpc) is 2.78. The quantitative estimate of drug-likeness (QED) is 0.929. The van der Waals surface area contributed by atoms with Crippen LogP contribution in [0.1, 0.15) is 37.3 Å². The summed E-state index contributed by atoms with van der Waals surface area (Å²) < 4.78 is 11.2. The molecule has 4 nitrogen and oxygen atoms in total. The highest BCUT2D eigenvalue weighted by molar-refractivity contribution is 5.43. The number of nitrogens with two attached hydrogens (primary N) is 1. The van der Waals surface area contributed by atoms with Gasteiger partial charge in [0, 0.05) is 24.1 Å². The molecule has 0 radical (unpaired) electrons. The Kier molecular flexibility index (Phi) is 4.66. The zero-order valence-corrected chi connectivity index (χ0v) is 12.9. The van der Waals surface area contributed by atoms with Crippen molar-refractivity contribution in [1.82, 2.24) is 4.90 Å². The van der Waals surface area contributed by atoms with Gasteiger partial charge in [-0.25, -0.2) is 0 Å². The van der Waals surface area contributed by atoms with Gasteiger partial charge in [0.25, 0.3) is 0 Å². The average molecular weight is 290 g/mol. The third kappa shape index (κ3) is 3.33. The van der Waals surface area contributed by atoms with E-state index < -0.39 is 0 Å². The summed E-state index contributed by atoms with van der Waals surface area (Å²) in [6, 6.07) is 5.96. The molecule has 2 N–H and O–H groups in total. The lowest BCUT2D eigenvalue weighted by molar-refractivity contribution is 0.140. The number of rotatable bonds is 3. The molecule has 0 aromatic heterocycles. The topological polar surface area (TPSA) is 47.7 Å². The van der Waals surface area contributed by atoms with Gasteiger partial charge in [-0.05, 0) is 44.1 Å². The summed E-state index contributed by atoms with van der Waals surface area (Å²) >= 11 is 0. The van der Waals surface area contributed by atoms with Gasteiger partial charge in [0.1, 0.15) is 11.5 Å². The monoisotopic (exact) mass is 290 g/mol. The highest BCUT2D eigenvalue weighted by Crippen LogP contribution is 2.36. The largest absolute Gasteiger partial charge is 0.497 e. The molecule has 4 heteroatoms. The van der Waals surface area contributed by atoms with Crippen LogP contribution in [0.15, 0.2) is 18.2 Å². The molecule has 1 aromatic rings. The second-order valence-electron chi connectivity index (χ2n) is 6.22. The van der Waals surface area contributed by atoms with Crippen molar-refractivity contribution >= 4 is 0 Å². The Morgan fingerprint density at radius 2 is 2.00 bits per heavy atom. The zero-order chi connectivity index (χ0) is 14.7. The number of likely N-dealkylation sites (tertiary alicyclic amines) is 1. The summed E-state index contributed by atoms with van der Waals surface area (Å²) in [6.07, 6.45) is 5.36. The maximum absolute atomic E-state index is 6.51. The molecule has 0 saturated carbocycles. The van der Waals surface area contributed by atoms with E-state index in [9.17, 15) is 0 Å². The molecular weight excluding hydrogens is 264 g/mol. The first kappa shape index (κ1) is 14.7. The van der Waals surface area contributed by atoms with Gasteiger partial charge in [-0.1, -0.05) is 12.8 Å². The normalized spacial score (nSPS) is 26.6. The van der Waals surface area contributed by atoms with Crippen molar-refractivity contribution < 1.29 is 9.47 Å². The molecule has 2 heterocycles. The van der Waals surface area contributed by atoms with E-state index in [0.717, 1.165) is 30.2 Å². The van der Waals surface area contributed by atoms with Crippen molar-refractivity contribution in [2.24, 2.45) is 11.7 Å². The van der Waals surface area contributed by atoms with Crippen LogP contribution >= 0.6 is 0 Å². The number of fused-ring (bicyclic) bond motifs is 1. The van der Waals surface area contributed by atoms with Crippen molar-refractivity contribution in [3.8, 4) is 11.5 Å². The van der Waals surface area contributed by atoms with Gasteiger partial charge in [-0.2, -0.15) is 0 Å². The number of hydrogen-bond donors (Lipinski definition) is 1. The van der Waals surface area contributed by atoms with E-state index in [1.165, 1.54) is 38.8 Å². The molecule has 0 aliphatic carbocycles. The Balaban J connectivity index is 1.70. The summed E-state index contributed by atoms with van der Waals surface area (Å²) in [5.74, 6) is 2.13. The van der Waals surface area contributed by atoms with Gasteiger partial charge in [0.15, 0.2) is 0 Å². The lowest BCUT2D eigenvalue weighted by atomic mass is 9.90. The van der Waals surface area contributed by atoms with E-state index in [1.54, 1.807) is 7.11 Å². The Hall–Kier alpha value is -1.26. The van der Waals surface area contributed by atoms with E-state index in [-0.39, 0.29) is 6.04 Å². The van der Waals surface area contributed by atoms with Crippen molar-refractivity contribution in [2.45, 2.75) is 31.7 Å². The Morgan fingerprint density at radius 3 is 2.71 bits per heavy atom. The fourth-order valence-corrected chi connectivity index (χ4v) is 3.42. The predicted molar refractivity (Wildman–Crippen MR) is 83.8 cm³/mol. The van der Waals surface area contributed by atoms with Crippen LogP contribution in [0.4, 0.5) is 0 Å². The smallest absolute Gasteiger partial charge is 0.124 e. The minimum atomic E-state index is 0.0344. The van der Waals surface area contributed by atoms with Crippen LogP contribution in [0.5, 0.6) is 11.5 Å². The van der Waals surface area contributed by atoms with Crippen LogP contribution in [0.2, 0.25) is 0 Å². The molecule has 116 valence electrons. The van der Waals surface area contributed by atoms with Gasteiger partial charge in [0.05, 0.1) is 13.7 Å². The van der Waals surface area contributed by atoms with Gasteiger partial charge in [-0.3, -0.25) is 0 Å². The van der Waals surface area contributed by atoms with E-state index in [1.807, 2.05) is 18.2 Å². The van der Waals surface area contributed by atoms with Gasteiger partial charge >= 0.3 is 0 Å². The summed E-state index contributed by atoms with van der Waals surface area (Å²) in [4.78, 5) is 2.56. The molecule has 2 atom stereocenters. The van der Waals surface area contributed by atoms with E-state index in [2.05, 4.69) is 4.90 Å². The summed E-state index contributed by atoms with van der Waals surface area (Å²) in [6.45, 7) is 4.16. The molecule has 1 saturated heterocycles. The molecular formula is C17H26N2O2. The Bertz CT molecular complexity index is 470. The molecule has 2 aliphatic rings. The van der Waals surface area contributed by atoms with Crippen molar-refractivity contribution in [3.05, 3.63) is 23.8 Å². The number of ether oxygens (including phenoxy) is 2. The number of nitrogens with zero attached hydrogens (tertiary/aromatic N) is 1. The third-order valence-corrected chi connectivity index (χ3v) is 4.73. The van der Waals surface area contributed by atoms with E-state index in [4.69, 9.17) is 15.2 Å². The molecule has 21 heavy (non-hydrogen) atoms. The van der Waals surface area contributed by atoms with Gasteiger partial charge in [0.2, 0.25) is 0 Å². The molecule has 3 rings (SSSR count). The van der Waals surface area contributed by atoms with Crippen molar-refractivity contribution in [2.75, 3.05) is 33.4 Å². The number of benzene rings is 1. The van der Waals surface area contributed by atoms with Crippen LogP contribution in [-0.4, -0.2) is 38.3 Å². The first-order chi connectivity index (χ1) is 10.3. The molecule has 1 aromatic carbocycles. The second-order valence-corrected chi connectivity index (χ2v) is 6.22. The minimum absolute atomic E-state index is 0.0344. The van der Waals surface area contributed by atoms with E-state index in [0.29, 0.717) is 5.92 Å². The third-order valence-electron chi connectivity index (χ3n) is 4.73. The number of hydrogen-bond acceptors (Lipinski definition) is 4. The molecule has 0 amide bonds. The van der Waals surface area contributed by atoms with Crippen molar-refractivity contribution in [1.29, 1.82) is 0 Å². The summed E-state index contributed by atoms with van der Waals surface area (Å²) in [7, 11) is 1.69. The highest BCUT2D eigenvalue weighted by Gasteiger charge is 2.30. The molecule has 2 unspecified atom stereocenters. The standard InChI is InChI=1S/C17H26N2O2/c1-20-14-6-7-16-15(10-14)17(18)13(12-21-16)11-19-8-4-2-3-5-9-19/h6-7,10,13,17H,2-5,8-9,11-12,18H2,1H3. The predicted octanol–water partition coefficient (Wildman–Crippen LogP) is 2.58. The lowest BCUT2D eigenvalue weighted by Gasteiger charge is -2.34. The number of methoxy groups -OCH3 is 1. The Morgan fingerprint density at radius 1 is 1.24 bits per heavy atom. The first-order valence-corrected chi connectivity index (χ1v) is 8.06. The minimum Gasteiger partial charge on any atom is -0.497 e. The summed E-state index contributed by atoms with van der Waals surface area (Å²) in [5, 5.41) is 0. The maximum atomic E-state index is 6.51. The fourth-order valence-electron chi connectivity index (χ4n) is 3.42. The molecule has 1 fully saturated rings. The van der Waals surface area contributed by atoms with Gasteiger partial charge < -0.3 is 20.1 Å². The molecule has 2 aliphatic heterocycles. The van der Waals surface area contributed by atoms with Crippen molar-refractivity contribution in [3.63, 3.8) is 0 Å². The second kappa shape index (κ2) is 6.67. The maximum Gasteiger partial charge on any atom is 0.124 e. The lowest BCUT2D eigenvalue weighted by Crippen LogP contribution is -2.40. The zero-order valence-electron chi connectivity index (χ0n) is 12.9. The SMILES string of the molecule is COc1ccc2c(c1)C(N)C(CN1CCCCCC1)CO2. The fraction of sp³-hybridized carbons (Fsp3) is 0.647. The van der Waals surface area contributed by atoms with Gasteiger partial charge in [-0.15, -0.1) is 0 Å². The van der Waals surface area contributed by atoms with Crippen LogP contribution in [-0.2, 0) is 0 Å². The van der Waals surface area contributed by atoms with Crippen LogP contribution in [0, 0.1) is 5.92 Å². The van der Waals surface area contributed by atoms with Crippen LogP contribution in [0.3, 0.4) is 0 Å². The Labute approximate surface area is 127 Å². The molecule has 0 spiro atoms. The van der Waals surface area contributed by atoms with Crippen LogP contribution in [0.25, 0.3) is 0 Å². The van der Waals surface area contributed by atoms with Crippen LogP contribution < -0.4 is 15.2 Å². The summed E-state index contributed by atoms with van der Waals surface area (Å²) in [5.41, 5.74) is 7.59. The molecule has 0 bridgehead atoms. The first-order valence-electron chi connectivity index (χ1n) is 8.06.